The third-order valence-corrected chi connectivity index (χ3v) is 3.24. The Balaban J connectivity index is 2.64. The Morgan fingerprint density at radius 1 is 1.50 bits per heavy atom. The van der Waals surface area contributed by atoms with E-state index in [0.717, 1.165) is 35.5 Å². The van der Waals surface area contributed by atoms with Crippen molar-refractivity contribution in [2.45, 2.75) is 12.2 Å². The lowest BCUT2D eigenvalue weighted by Crippen LogP contribution is -1.94. The number of thioether (sulfide) groups is 1. The second-order valence-electron chi connectivity index (χ2n) is 3.32. The van der Waals surface area contributed by atoms with E-state index in [1.807, 2.05) is 12.1 Å². The number of rotatable bonds is 7. The number of hydrogen-bond donors (Lipinski definition) is 1. The van der Waals surface area contributed by atoms with Gasteiger partial charge < -0.3 is 9.84 Å². The number of hydrogen-bond acceptors (Lipinski definition) is 4. The molecule has 0 aromatic heterocycles. The highest BCUT2D eigenvalue weighted by Gasteiger charge is 2.04. The Hall–Kier alpha value is -1.00. The van der Waals surface area contributed by atoms with Crippen LogP contribution in [0.15, 0.2) is 18.2 Å². The summed E-state index contributed by atoms with van der Waals surface area (Å²) in [6, 6.07) is 5.40. The molecular formula is C12H16O3S. The molecule has 16 heavy (non-hydrogen) atoms. The molecule has 88 valence electrons. The first-order valence-electron chi connectivity index (χ1n) is 5.12. The first kappa shape index (κ1) is 13.1. The highest BCUT2D eigenvalue weighted by Crippen LogP contribution is 2.24. The lowest BCUT2D eigenvalue weighted by Gasteiger charge is -2.08. The predicted octanol–water partition coefficient (Wildman–Crippen LogP) is 2.12. The summed E-state index contributed by atoms with van der Waals surface area (Å²) >= 11 is 1.72. The third kappa shape index (κ3) is 3.87. The van der Waals surface area contributed by atoms with Crippen molar-refractivity contribution in [3.8, 4) is 5.75 Å². The van der Waals surface area contributed by atoms with Crippen molar-refractivity contribution in [1.82, 2.24) is 0 Å². The number of benzene rings is 1. The fourth-order valence-corrected chi connectivity index (χ4v) is 2.26. The molecule has 3 nitrogen and oxygen atoms in total. The van der Waals surface area contributed by atoms with Crippen LogP contribution in [0.3, 0.4) is 0 Å². The zero-order valence-electron chi connectivity index (χ0n) is 9.31. The van der Waals surface area contributed by atoms with Gasteiger partial charge in [0.2, 0.25) is 0 Å². The molecule has 1 rings (SSSR count). The molecule has 0 bridgehead atoms. The SMILES string of the molecule is COc1ccc(C=O)cc1CSCCCO. The Kier molecular flexibility index (Phi) is 5.96. The largest absolute Gasteiger partial charge is 0.496 e. The van der Waals surface area contributed by atoms with Crippen LogP contribution in [0.5, 0.6) is 5.75 Å². The van der Waals surface area contributed by atoms with Gasteiger partial charge in [-0.15, -0.1) is 0 Å². The monoisotopic (exact) mass is 240 g/mol. The number of aldehydes is 1. The topological polar surface area (TPSA) is 46.5 Å². The molecule has 0 saturated carbocycles. The van der Waals surface area contributed by atoms with Crippen LogP contribution >= 0.6 is 11.8 Å². The quantitative estimate of drug-likeness (QED) is 0.586. The van der Waals surface area contributed by atoms with Gasteiger partial charge in [-0.05, 0) is 30.4 Å². The minimum absolute atomic E-state index is 0.221. The third-order valence-electron chi connectivity index (χ3n) is 2.14. The Morgan fingerprint density at radius 2 is 2.31 bits per heavy atom. The summed E-state index contributed by atoms with van der Waals surface area (Å²) in [5.74, 6) is 2.51. The number of ether oxygens (including phenoxy) is 1. The number of carbonyl (C=O) groups is 1. The van der Waals surface area contributed by atoms with Crippen molar-refractivity contribution in [1.29, 1.82) is 0 Å². The first-order valence-corrected chi connectivity index (χ1v) is 6.28. The van der Waals surface area contributed by atoms with Crippen molar-refractivity contribution in [3.63, 3.8) is 0 Å². The fraction of sp³-hybridized carbons (Fsp3) is 0.417. The molecule has 0 aliphatic rings. The number of carbonyl (C=O) groups excluding carboxylic acids is 1. The molecule has 1 N–H and O–H groups in total. The van der Waals surface area contributed by atoms with E-state index in [9.17, 15) is 4.79 Å². The van der Waals surface area contributed by atoms with Gasteiger partial charge in [0, 0.05) is 23.5 Å². The van der Waals surface area contributed by atoms with Gasteiger partial charge in [0.1, 0.15) is 12.0 Å². The maximum atomic E-state index is 10.7. The van der Waals surface area contributed by atoms with Gasteiger partial charge in [-0.3, -0.25) is 4.79 Å². The minimum Gasteiger partial charge on any atom is -0.496 e. The highest BCUT2D eigenvalue weighted by molar-refractivity contribution is 7.98. The Bertz CT molecular complexity index is 339. The summed E-state index contributed by atoms with van der Waals surface area (Å²) in [6.07, 6.45) is 1.63. The summed E-state index contributed by atoms with van der Waals surface area (Å²) in [7, 11) is 1.62. The van der Waals surface area contributed by atoms with Crippen LogP contribution in [0.4, 0.5) is 0 Å². The Labute approximate surface area is 99.8 Å². The molecule has 4 heteroatoms. The van der Waals surface area contributed by atoms with Crippen LogP contribution < -0.4 is 4.74 Å². The molecule has 0 fully saturated rings. The lowest BCUT2D eigenvalue weighted by molar-refractivity contribution is 0.112. The summed E-state index contributed by atoms with van der Waals surface area (Å²) in [6.45, 7) is 0.221. The van der Waals surface area contributed by atoms with E-state index in [1.165, 1.54) is 0 Å². The smallest absolute Gasteiger partial charge is 0.150 e. The van der Waals surface area contributed by atoms with Crippen molar-refractivity contribution in [2.24, 2.45) is 0 Å². The van der Waals surface area contributed by atoms with Crippen LogP contribution in [0.1, 0.15) is 22.3 Å². The zero-order chi connectivity index (χ0) is 11.8. The molecule has 0 radical (unpaired) electrons. The zero-order valence-corrected chi connectivity index (χ0v) is 10.1. The van der Waals surface area contributed by atoms with E-state index >= 15 is 0 Å². The van der Waals surface area contributed by atoms with E-state index in [2.05, 4.69) is 0 Å². The normalized spacial score (nSPS) is 10.1. The molecule has 0 spiro atoms. The van der Waals surface area contributed by atoms with Gasteiger partial charge in [0.15, 0.2) is 0 Å². The van der Waals surface area contributed by atoms with E-state index in [4.69, 9.17) is 9.84 Å². The van der Waals surface area contributed by atoms with Crippen LogP contribution in [0.2, 0.25) is 0 Å². The maximum absolute atomic E-state index is 10.7. The van der Waals surface area contributed by atoms with Gasteiger partial charge in [-0.2, -0.15) is 11.8 Å². The summed E-state index contributed by atoms with van der Waals surface area (Å²) in [5, 5.41) is 8.66. The van der Waals surface area contributed by atoms with E-state index < -0.39 is 0 Å². The Morgan fingerprint density at radius 3 is 2.94 bits per heavy atom. The van der Waals surface area contributed by atoms with Gasteiger partial charge >= 0.3 is 0 Å². The molecule has 1 aromatic rings. The molecule has 0 unspecified atom stereocenters. The van der Waals surface area contributed by atoms with Gasteiger partial charge in [-0.1, -0.05) is 0 Å². The highest BCUT2D eigenvalue weighted by atomic mass is 32.2. The van der Waals surface area contributed by atoms with Crippen LogP contribution in [-0.2, 0) is 5.75 Å². The predicted molar refractivity (Wildman–Crippen MR) is 66.2 cm³/mol. The summed E-state index contributed by atoms with van der Waals surface area (Å²) in [5.41, 5.74) is 1.69. The second-order valence-corrected chi connectivity index (χ2v) is 4.42. The average Bonchev–Trinajstić information content (AvgIpc) is 2.34. The summed E-state index contributed by atoms with van der Waals surface area (Å²) in [4.78, 5) is 10.7. The molecule has 0 aliphatic heterocycles. The van der Waals surface area contributed by atoms with E-state index in [1.54, 1.807) is 24.9 Å². The lowest BCUT2D eigenvalue weighted by atomic mass is 10.1. The fourth-order valence-electron chi connectivity index (χ4n) is 1.33. The van der Waals surface area contributed by atoms with Gasteiger partial charge in [-0.25, -0.2) is 0 Å². The van der Waals surface area contributed by atoms with Crippen LogP contribution in [0, 0.1) is 0 Å². The molecular weight excluding hydrogens is 224 g/mol. The van der Waals surface area contributed by atoms with Crippen LogP contribution in [-0.4, -0.2) is 30.9 Å². The number of aliphatic hydroxyl groups excluding tert-OH is 1. The second kappa shape index (κ2) is 7.30. The van der Waals surface area contributed by atoms with Crippen molar-refractivity contribution in [3.05, 3.63) is 29.3 Å². The van der Waals surface area contributed by atoms with Crippen molar-refractivity contribution < 1.29 is 14.6 Å². The molecule has 0 heterocycles. The average molecular weight is 240 g/mol. The van der Waals surface area contributed by atoms with Gasteiger partial charge in [0.25, 0.3) is 0 Å². The molecule has 0 aliphatic carbocycles. The van der Waals surface area contributed by atoms with Crippen molar-refractivity contribution in [2.75, 3.05) is 19.5 Å². The summed E-state index contributed by atoms with van der Waals surface area (Å²) < 4.78 is 5.22. The molecule has 0 atom stereocenters. The standard InChI is InChI=1S/C12H16O3S/c1-15-12-4-3-10(8-14)7-11(12)9-16-6-2-5-13/h3-4,7-8,13H,2,5-6,9H2,1H3. The molecule has 1 aromatic carbocycles. The molecule has 0 saturated heterocycles. The van der Waals surface area contributed by atoms with E-state index in [-0.39, 0.29) is 6.61 Å². The van der Waals surface area contributed by atoms with Gasteiger partial charge in [0.05, 0.1) is 7.11 Å². The molecule has 0 amide bonds. The maximum Gasteiger partial charge on any atom is 0.150 e. The van der Waals surface area contributed by atoms with Crippen molar-refractivity contribution >= 4 is 18.0 Å². The van der Waals surface area contributed by atoms with E-state index in [0.29, 0.717) is 5.56 Å². The number of aliphatic hydroxyl groups is 1. The van der Waals surface area contributed by atoms with Crippen LogP contribution in [0.25, 0.3) is 0 Å². The minimum atomic E-state index is 0.221. The first-order chi connectivity index (χ1) is 7.81. The number of methoxy groups -OCH3 is 1.